The molecular weight excluding hydrogens is 181 g/mol. The first kappa shape index (κ1) is 12.1. The summed E-state index contributed by atoms with van der Waals surface area (Å²) in [5, 5.41) is 20.5. The van der Waals surface area contributed by atoms with E-state index >= 15 is 0 Å². The van der Waals surface area contributed by atoms with Crippen molar-refractivity contribution < 1.29 is 56.3 Å². The largest absolute Gasteiger partial charge is 1.00 e. The van der Waals surface area contributed by atoms with E-state index in [4.69, 9.17) is 0 Å². The van der Waals surface area contributed by atoms with Crippen LogP contribution in [0.2, 0.25) is 0 Å². The van der Waals surface area contributed by atoms with E-state index in [1.165, 1.54) is 6.92 Å². The van der Waals surface area contributed by atoms with Gasteiger partial charge < -0.3 is 10.4 Å². The molecule has 0 aliphatic carbocycles. The van der Waals surface area contributed by atoms with Crippen molar-refractivity contribution in [1.29, 1.82) is 0 Å². The molecule has 0 atom stereocenters. The maximum absolute atomic E-state index is 10.3. The maximum Gasteiger partial charge on any atom is 1.00 e. The van der Waals surface area contributed by atoms with Crippen molar-refractivity contribution in [3.63, 3.8) is 0 Å². The Balaban J connectivity index is 0.00000121. The summed E-state index contributed by atoms with van der Waals surface area (Å²) in [7, 11) is 0. The van der Waals surface area contributed by atoms with Crippen LogP contribution in [0.4, 0.5) is 0 Å². The molecule has 1 rings (SSSR count). The van der Waals surface area contributed by atoms with Gasteiger partial charge in [0.1, 0.15) is 0 Å². The molecule has 1 aromatic carbocycles. The zero-order chi connectivity index (χ0) is 8.27. The molecule has 0 N–H and O–H groups in total. The molecule has 0 bridgehead atoms. The Morgan fingerprint density at radius 3 is 2.08 bits per heavy atom. The Morgan fingerprint density at radius 1 is 1.17 bits per heavy atom. The van der Waals surface area contributed by atoms with Crippen molar-refractivity contribution in [2.75, 3.05) is 0 Å². The third-order valence-electron chi connectivity index (χ3n) is 1.47. The predicted octanol–water partition coefficient (Wildman–Crippen LogP) is -1.49. The molecule has 0 aromatic heterocycles. The standard InChI is InChI=1S/C8H8NO2.K/c1-7(9(10)11)8-5-3-2-4-6-8;/h2-6H,1H3;/q-1;+1. The summed E-state index contributed by atoms with van der Waals surface area (Å²) in [5.41, 5.74) is 0.850. The van der Waals surface area contributed by atoms with Gasteiger partial charge in [-0.2, -0.15) is 4.90 Å². The van der Waals surface area contributed by atoms with Crippen LogP contribution in [-0.4, -0.2) is 10.6 Å². The van der Waals surface area contributed by atoms with E-state index < -0.39 is 0 Å². The molecule has 0 unspecified atom stereocenters. The van der Waals surface area contributed by atoms with Crippen LogP contribution < -0.4 is 51.4 Å². The predicted molar refractivity (Wildman–Crippen MR) is 43.2 cm³/mol. The molecule has 0 saturated carbocycles. The van der Waals surface area contributed by atoms with Crippen LogP contribution in [0.15, 0.2) is 30.3 Å². The van der Waals surface area contributed by atoms with Crippen molar-refractivity contribution in [1.82, 2.24) is 0 Å². The van der Waals surface area contributed by atoms with Gasteiger partial charge >= 0.3 is 51.4 Å². The van der Waals surface area contributed by atoms with E-state index in [1.807, 2.05) is 6.07 Å². The van der Waals surface area contributed by atoms with E-state index in [9.17, 15) is 10.4 Å². The van der Waals surface area contributed by atoms with Gasteiger partial charge in [-0.05, 0) is 12.1 Å². The van der Waals surface area contributed by atoms with Gasteiger partial charge in [-0.25, -0.2) is 0 Å². The minimum Gasteiger partial charge on any atom is -0.612 e. The van der Waals surface area contributed by atoms with E-state index in [-0.39, 0.29) is 62.0 Å². The SMILES string of the molecule is CC(c1ccccc1)=[N+]([O-])[O-].[K+]. The first-order chi connectivity index (χ1) is 5.22. The minimum absolute atomic E-state index is 0. The maximum atomic E-state index is 10.3. The molecule has 4 heteroatoms. The summed E-state index contributed by atoms with van der Waals surface area (Å²) in [6, 6.07) is 8.83. The van der Waals surface area contributed by atoms with Gasteiger partial charge in [0.2, 0.25) is 5.71 Å². The molecule has 0 fully saturated rings. The van der Waals surface area contributed by atoms with Crippen LogP contribution in [0.1, 0.15) is 12.5 Å². The summed E-state index contributed by atoms with van der Waals surface area (Å²) in [5.74, 6) is 0. The fourth-order valence-electron chi connectivity index (χ4n) is 0.785. The molecule has 3 nitrogen and oxygen atoms in total. The second-order valence-corrected chi connectivity index (χ2v) is 2.21. The number of hydrogen-bond donors (Lipinski definition) is 0. The molecule has 0 heterocycles. The summed E-state index contributed by atoms with van der Waals surface area (Å²) < 4.78 is 0. The van der Waals surface area contributed by atoms with Crippen molar-refractivity contribution in [2.24, 2.45) is 0 Å². The van der Waals surface area contributed by atoms with Crippen molar-refractivity contribution >= 4 is 5.71 Å². The average molecular weight is 189 g/mol. The van der Waals surface area contributed by atoms with Gasteiger partial charge in [-0.15, -0.1) is 0 Å². The topological polar surface area (TPSA) is 49.1 Å². The van der Waals surface area contributed by atoms with E-state index in [0.717, 1.165) is 0 Å². The molecule has 0 radical (unpaired) electrons. The first-order valence-electron chi connectivity index (χ1n) is 3.25. The molecule has 1 aromatic rings. The molecule has 0 spiro atoms. The number of hydrogen-bond acceptors (Lipinski definition) is 2. The Bertz CT molecular complexity index is 268. The van der Waals surface area contributed by atoms with Crippen molar-refractivity contribution in [3.05, 3.63) is 46.3 Å². The Morgan fingerprint density at radius 2 is 1.67 bits per heavy atom. The van der Waals surface area contributed by atoms with Gasteiger partial charge in [-0.3, -0.25) is 0 Å². The summed E-state index contributed by atoms with van der Waals surface area (Å²) in [6.45, 7) is 1.50. The van der Waals surface area contributed by atoms with Crippen molar-refractivity contribution in [2.45, 2.75) is 6.92 Å². The van der Waals surface area contributed by atoms with E-state index in [0.29, 0.717) is 5.56 Å². The van der Waals surface area contributed by atoms with Crippen LogP contribution >= 0.6 is 0 Å². The zero-order valence-electron chi connectivity index (χ0n) is 7.15. The number of nitrogens with zero attached hydrogens (tertiary/aromatic N) is 1. The van der Waals surface area contributed by atoms with Crippen molar-refractivity contribution in [3.8, 4) is 0 Å². The van der Waals surface area contributed by atoms with Crippen LogP contribution in [0.5, 0.6) is 0 Å². The minimum atomic E-state index is -0.380. The monoisotopic (exact) mass is 189 g/mol. The molecule has 58 valence electrons. The van der Waals surface area contributed by atoms with Crippen LogP contribution in [0, 0.1) is 10.4 Å². The average Bonchev–Trinajstić information content (AvgIpc) is 2.05. The van der Waals surface area contributed by atoms with Gasteiger partial charge in [0.15, 0.2) is 0 Å². The summed E-state index contributed by atoms with van der Waals surface area (Å²) in [6.07, 6.45) is 0. The van der Waals surface area contributed by atoms with Crippen LogP contribution in [0.3, 0.4) is 0 Å². The second-order valence-electron chi connectivity index (χ2n) is 2.21. The fraction of sp³-hybridized carbons (Fsp3) is 0.125. The third kappa shape index (κ3) is 3.24. The van der Waals surface area contributed by atoms with Crippen LogP contribution in [-0.2, 0) is 0 Å². The number of benzene rings is 1. The Kier molecular flexibility index (Phi) is 5.78. The first-order valence-corrected chi connectivity index (χ1v) is 3.25. The van der Waals surface area contributed by atoms with Gasteiger partial charge in [0.05, 0.1) is 0 Å². The quantitative estimate of drug-likeness (QED) is 0.234. The molecule has 12 heavy (non-hydrogen) atoms. The summed E-state index contributed by atoms with van der Waals surface area (Å²) >= 11 is 0. The van der Waals surface area contributed by atoms with E-state index in [2.05, 4.69) is 0 Å². The van der Waals surface area contributed by atoms with Crippen LogP contribution in [0.25, 0.3) is 0 Å². The molecule has 0 aliphatic heterocycles. The van der Waals surface area contributed by atoms with E-state index in [1.54, 1.807) is 24.3 Å². The normalized spacial score (nSPS) is 8.42. The summed E-state index contributed by atoms with van der Waals surface area (Å²) in [4.78, 5) is -0.380. The fourth-order valence-corrected chi connectivity index (χ4v) is 0.785. The molecule has 0 saturated heterocycles. The third-order valence-corrected chi connectivity index (χ3v) is 1.47. The second kappa shape index (κ2) is 5.72. The van der Waals surface area contributed by atoms with Gasteiger partial charge in [-0.1, -0.05) is 18.2 Å². The Labute approximate surface area is 114 Å². The molecule has 0 aliphatic rings. The number of rotatable bonds is 1. The smallest absolute Gasteiger partial charge is 0.612 e. The van der Waals surface area contributed by atoms with Gasteiger partial charge in [0.25, 0.3) is 0 Å². The molecular formula is C8H8KNO2. The Hall–Kier alpha value is 0.126. The van der Waals surface area contributed by atoms with Gasteiger partial charge in [0, 0.05) is 12.5 Å². The molecule has 0 amide bonds. The zero-order valence-corrected chi connectivity index (χ0v) is 10.3.